The minimum atomic E-state index is -0.103. The molecule has 0 aliphatic carbocycles. The first-order chi connectivity index (χ1) is 8.20. The van der Waals surface area contributed by atoms with Crippen LogP contribution in [0.15, 0.2) is 16.3 Å². The van der Waals surface area contributed by atoms with Gasteiger partial charge in [0.2, 0.25) is 0 Å². The third kappa shape index (κ3) is 2.87. The molecule has 0 aromatic carbocycles. The third-order valence-electron chi connectivity index (χ3n) is 2.17. The van der Waals surface area contributed by atoms with Crippen LogP contribution in [-0.2, 0) is 13.1 Å². The molecule has 0 aliphatic heterocycles. The molecule has 2 N–H and O–H groups in total. The molecule has 5 nitrogen and oxygen atoms in total. The summed E-state index contributed by atoms with van der Waals surface area (Å²) in [5.74, 6) is -0.103. The van der Waals surface area contributed by atoms with Gasteiger partial charge in [-0.25, -0.2) is 9.97 Å². The fourth-order valence-electron chi connectivity index (χ4n) is 1.33. The van der Waals surface area contributed by atoms with Crippen LogP contribution in [0.2, 0.25) is 0 Å². The molecule has 2 rings (SSSR count). The van der Waals surface area contributed by atoms with Gasteiger partial charge in [-0.1, -0.05) is 0 Å². The van der Waals surface area contributed by atoms with Crippen molar-refractivity contribution in [2.45, 2.75) is 13.1 Å². The summed E-state index contributed by atoms with van der Waals surface area (Å²) in [5, 5.41) is 4.44. The second kappa shape index (κ2) is 5.35. The van der Waals surface area contributed by atoms with E-state index in [1.165, 1.54) is 22.7 Å². The molecule has 2 heterocycles. The van der Waals surface area contributed by atoms with Gasteiger partial charge >= 0.3 is 0 Å². The highest BCUT2D eigenvalue weighted by molar-refractivity contribution is 7.09. The molecule has 1 amide bonds. The molecule has 0 atom stereocenters. The lowest BCUT2D eigenvalue weighted by atomic mass is 10.4. The Morgan fingerprint density at radius 1 is 1.53 bits per heavy atom. The molecule has 2 aromatic rings. The Kier molecular flexibility index (Phi) is 3.82. The molecule has 0 unspecified atom stereocenters. The van der Waals surface area contributed by atoms with E-state index in [0.29, 0.717) is 18.8 Å². The van der Waals surface area contributed by atoms with E-state index in [0.717, 1.165) is 10.7 Å². The lowest BCUT2D eigenvalue weighted by Gasteiger charge is -2.13. The van der Waals surface area contributed by atoms with Crippen molar-refractivity contribution in [1.82, 2.24) is 14.9 Å². The van der Waals surface area contributed by atoms with Crippen molar-refractivity contribution in [3.63, 3.8) is 0 Å². The zero-order valence-electron chi connectivity index (χ0n) is 9.29. The van der Waals surface area contributed by atoms with Gasteiger partial charge in [0.1, 0.15) is 10.7 Å². The maximum atomic E-state index is 12.0. The minimum absolute atomic E-state index is 0.103. The van der Waals surface area contributed by atoms with Gasteiger partial charge in [-0.05, 0) is 0 Å². The maximum Gasteiger partial charge on any atom is 0.273 e. The molecule has 0 saturated heterocycles. The first-order valence-electron chi connectivity index (χ1n) is 4.97. The molecule has 90 valence electrons. The quantitative estimate of drug-likeness (QED) is 0.908. The normalized spacial score (nSPS) is 10.5. The van der Waals surface area contributed by atoms with Gasteiger partial charge in [-0.2, -0.15) is 0 Å². The van der Waals surface area contributed by atoms with Crippen LogP contribution < -0.4 is 5.73 Å². The Bertz CT molecular complexity index is 494. The summed E-state index contributed by atoms with van der Waals surface area (Å²) in [6.07, 6.45) is 0. The van der Waals surface area contributed by atoms with Crippen LogP contribution in [0.5, 0.6) is 0 Å². The Morgan fingerprint density at radius 3 is 2.94 bits per heavy atom. The summed E-state index contributed by atoms with van der Waals surface area (Å²) < 4.78 is 0. The lowest BCUT2D eigenvalue weighted by Crippen LogP contribution is -2.26. The standard InChI is InChI=1S/C10H12N4OS2/c1-14(3-7-4-16-6-12-7)10(15)8-5-17-9(2-11)13-8/h4-6H,2-3,11H2,1H3. The largest absolute Gasteiger partial charge is 0.334 e. The molecule has 17 heavy (non-hydrogen) atoms. The van der Waals surface area contributed by atoms with E-state index in [2.05, 4.69) is 9.97 Å². The van der Waals surface area contributed by atoms with Gasteiger partial charge in [0.15, 0.2) is 0 Å². The van der Waals surface area contributed by atoms with Crippen molar-refractivity contribution in [2.24, 2.45) is 5.73 Å². The fourth-order valence-corrected chi connectivity index (χ4v) is 2.53. The minimum Gasteiger partial charge on any atom is -0.334 e. The number of carbonyl (C=O) groups excluding carboxylic acids is 1. The number of amides is 1. The number of hydrogen-bond acceptors (Lipinski definition) is 6. The number of carbonyl (C=O) groups is 1. The number of nitrogens with zero attached hydrogens (tertiary/aromatic N) is 3. The Labute approximate surface area is 107 Å². The van der Waals surface area contributed by atoms with Crippen molar-refractivity contribution >= 4 is 28.6 Å². The van der Waals surface area contributed by atoms with Crippen LogP contribution in [-0.4, -0.2) is 27.8 Å². The van der Waals surface area contributed by atoms with E-state index in [4.69, 9.17) is 5.73 Å². The molecule has 0 bridgehead atoms. The molecule has 0 spiro atoms. The highest BCUT2D eigenvalue weighted by atomic mass is 32.1. The molecule has 2 aromatic heterocycles. The first-order valence-corrected chi connectivity index (χ1v) is 6.80. The van der Waals surface area contributed by atoms with Gasteiger partial charge in [0.05, 0.1) is 17.7 Å². The van der Waals surface area contributed by atoms with E-state index in [9.17, 15) is 4.79 Å². The van der Waals surface area contributed by atoms with Crippen molar-refractivity contribution in [3.8, 4) is 0 Å². The topological polar surface area (TPSA) is 72.1 Å². The van der Waals surface area contributed by atoms with Crippen LogP contribution >= 0.6 is 22.7 Å². The predicted molar refractivity (Wildman–Crippen MR) is 67.9 cm³/mol. The van der Waals surface area contributed by atoms with Crippen molar-refractivity contribution in [3.05, 3.63) is 32.7 Å². The summed E-state index contributed by atoms with van der Waals surface area (Å²) >= 11 is 2.92. The van der Waals surface area contributed by atoms with Crippen LogP contribution in [0.1, 0.15) is 21.2 Å². The molecule has 0 aliphatic rings. The van der Waals surface area contributed by atoms with Crippen LogP contribution in [0.3, 0.4) is 0 Å². The van der Waals surface area contributed by atoms with E-state index in [1.54, 1.807) is 22.8 Å². The van der Waals surface area contributed by atoms with E-state index < -0.39 is 0 Å². The van der Waals surface area contributed by atoms with Gasteiger partial charge in [-0.3, -0.25) is 4.79 Å². The summed E-state index contributed by atoms with van der Waals surface area (Å²) in [7, 11) is 1.74. The van der Waals surface area contributed by atoms with Crippen LogP contribution in [0.4, 0.5) is 0 Å². The zero-order chi connectivity index (χ0) is 12.3. The second-order valence-electron chi connectivity index (χ2n) is 3.47. The van der Waals surface area contributed by atoms with Crippen molar-refractivity contribution < 1.29 is 4.79 Å². The Morgan fingerprint density at radius 2 is 2.35 bits per heavy atom. The van der Waals surface area contributed by atoms with Crippen LogP contribution in [0, 0.1) is 0 Å². The summed E-state index contributed by atoms with van der Waals surface area (Å²) in [5.41, 5.74) is 8.56. The first kappa shape index (κ1) is 12.2. The number of aromatic nitrogens is 2. The van der Waals surface area contributed by atoms with Gasteiger partial charge in [0, 0.05) is 24.4 Å². The third-order valence-corrected chi connectivity index (χ3v) is 3.68. The maximum absolute atomic E-state index is 12.0. The lowest BCUT2D eigenvalue weighted by molar-refractivity contribution is 0.0778. The Balaban J connectivity index is 2.04. The average Bonchev–Trinajstić information content (AvgIpc) is 2.98. The second-order valence-corrected chi connectivity index (χ2v) is 5.13. The number of rotatable bonds is 4. The molecule has 0 radical (unpaired) electrons. The Hall–Kier alpha value is -1.31. The van der Waals surface area contributed by atoms with Gasteiger partial charge in [0.25, 0.3) is 5.91 Å². The zero-order valence-corrected chi connectivity index (χ0v) is 10.9. The number of nitrogens with two attached hydrogens (primary N) is 1. The molecule has 0 fully saturated rings. The smallest absolute Gasteiger partial charge is 0.273 e. The average molecular weight is 268 g/mol. The van der Waals surface area contributed by atoms with E-state index >= 15 is 0 Å². The van der Waals surface area contributed by atoms with Gasteiger partial charge in [-0.15, -0.1) is 22.7 Å². The molecular weight excluding hydrogens is 256 g/mol. The molecular formula is C10H12N4OS2. The molecule has 7 heteroatoms. The molecule has 0 saturated carbocycles. The summed E-state index contributed by atoms with van der Waals surface area (Å²) in [6.45, 7) is 0.867. The monoisotopic (exact) mass is 268 g/mol. The highest BCUT2D eigenvalue weighted by Gasteiger charge is 2.15. The van der Waals surface area contributed by atoms with E-state index in [-0.39, 0.29) is 5.91 Å². The number of thiazole rings is 2. The van der Waals surface area contributed by atoms with Crippen molar-refractivity contribution in [2.75, 3.05) is 7.05 Å². The van der Waals surface area contributed by atoms with E-state index in [1.807, 2.05) is 5.38 Å². The summed E-state index contributed by atoms with van der Waals surface area (Å²) in [4.78, 5) is 21.9. The van der Waals surface area contributed by atoms with Gasteiger partial charge < -0.3 is 10.6 Å². The van der Waals surface area contributed by atoms with Crippen molar-refractivity contribution in [1.29, 1.82) is 0 Å². The fraction of sp³-hybridized carbons (Fsp3) is 0.300. The summed E-state index contributed by atoms with van der Waals surface area (Å²) in [6, 6.07) is 0. The number of hydrogen-bond donors (Lipinski definition) is 1. The van der Waals surface area contributed by atoms with Crippen LogP contribution in [0.25, 0.3) is 0 Å². The SMILES string of the molecule is CN(Cc1cscn1)C(=O)c1csc(CN)n1. The highest BCUT2D eigenvalue weighted by Crippen LogP contribution is 2.12. The predicted octanol–water partition coefficient (Wildman–Crippen LogP) is 1.33.